The third kappa shape index (κ3) is 5.69. The molecule has 7 heteroatoms. The van der Waals surface area contributed by atoms with Gasteiger partial charge in [-0.05, 0) is 31.4 Å². The zero-order valence-corrected chi connectivity index (χ0v) is 18.3. The number of carbonyl (C=O) groups is 2. The van der Waals surface area contributed by atoms with Crippen LogP contribution in [0.5, 0.6) is 0 Å². The number of ketones is 1. The van der Waals surface area contributed by atoms with E-state index in [0.29, 0.717) is 67.5 Å². The molecule has 2 aromatic rings. The Balaban J connectivity index is 1.49. The fraction of sp³-hybridized carbons (Fsp3) is 0.417. The summed E-state index contributed by atoms with van der Waals surface area (Å²) in [5, 5.41) is 0.569. The van der Waals surface area contributed by atoms with Gasteiger partial charge in [-0.15, -0.1) is 0 Å². The minimum Gasteiger partial charge on any atom is -0.383 e. The topological polar surface area (TPSA) is 86.4 Å². The quantitative estimate of drug-likeness (QED) is 0.522. The second-order valence-corrected chi connectivity index (χ2v) is 8.15. The maximum Gasteiger partial charge on any atom is 0.258 e. The smallest absolute Gasteiger partial charge is 0.258 e. The molecule has 1 saturated heterocycles. The van der Waals surface area contributed by atoms with Crippen LogP contribution in [-0.4, -0.2) is 58.6 Å². The molecule has 1 aromatic heterocycles. The van der Waals surface area contributed by atoms with E-state index in [4.69, 9.17) is 0 Å². The number of amides is 1. The van der Waals surface area contributed by atoms with Crippen LogP contribution < -0.4 is 5.56 Å². The highest BCUT2D eigenvalue weighted by atomic mass is 16.2. The molecule has 0 saturated carbocycles. The lowest BCUT2D eigenvalue weighted by Crippen LogP contribution is -2.40. The van der Waals surface area contributed by atoms with Gasteiger partial charge in [0.15, 0.2) is 5.78 Å². The zero-order valence-electron chi connectivity index (χ0n) is 18.3. The fourth-order valence-corrected chi connectivity index (χ4v) is 3.94. The number of hydrogen-bond acceptors (Lipinski definition) is 5. The van der Waals surface area contributed by atoms with Crippen LogP contribution in [0.2, 0.25) is 0 Å². The van der Waals surface area contributed by atoms with Crippen LogP contribution in [0.4, 0.5) is 0 Å². The molecule has 0 spiro atoms. The van der Waals surface area contributed by atoms with E-state index in [-0.39, 0.29) is 23.2 Å². The molecular weight excluding hydrogens is 392 g/mol. The lowest BCUT2D eigenvalue weighted by atomic mass is 9.88. The van der Waals surface area contributed by atoms with Gasteiger partial charge < -0.3 is 14.8 Å². The summed E-state index contributed by atoms with van der Waals surface area (Å²) >= 11 is 0. The van der Waals surface area contributed by atoms with E-state index < -0.39 is 0 Å². The molecule has 2 heterocycles. The summed E-state index contributed by atoms with van der Waals surface area (Å²) in [7, 11) is 3.75. The van der Waals surface area contributed by atoms with E-state index in [1.54, 1.807) is 18.3 Å². The number of nitrogens with one attached hydrogen (secondary N) is 1. The molecule has 0 atom stereocenters. The number of fused-ring (bicyclic) bond motifs is 1. The molecule has 3 rings (SSSR count). The minimum atomic E-state index is -0.152. The van der Waals surface area contributed by atoms with Crippen LogP contribution in [0.15, 0.2) is 53.5 Å². The Kier molecular flexibility index (Phi) is 7.39. The Bertz CT molecular complexity index is 1050. The molecule has 0 radical (unpaired) electrons. The number of carbonyl (C=O) groups excluding carboxylic acids is 2. The van der Waals surface area contributed by atoms with Crippen molar-refractivity contribution in [2.75, 3.05) is 27.2 Å². The number of H-pyrrole nitrogens is 1. The lowest BCUT2D eigenvalue weighted by molar-refractivity contribution is -0.134. The number of aromatic nitrogens is 2. The third-order valence-electron chi connectivity index (χ3n) is 5.59. The number of likely N-dealkylation sites (tertiary alicyclic amines) is 1. The summed E-state index contributed by atoms with van der Waals surface area (Å²) in [5.41, 5.74) is 1.13. The van der Waals surface area contributed by atoms with Gasteiger partial charge in [-0.2, -0.15) is 0 Å². The van der Waals surface area contributed by atoms with Gasteiger partial charge in [-0.25, -0.2) is 4.98 Å². The van der Waals surface area contributed by atoms with E-state index in [1.165, 1.54) is 0 Å². The highest BCUT2D eigenvalue weighted by molar-refractivity contribution is 5.99. The summed E-state index contributed by atoms with van der Waals surface area (Å²) < 4.78 is 0. The molecule has 31 heavy (non-hydrogen) atoms. The number of para-hydroxylation sites is 1. The predicted octanol–water partition coefficient (Wildman–Crippen LogP) is 2.69. The van der Waals surface area contributed by atoms with E-state index >= 15 is 0 Å². The number of aryl methyl sites for hydroxylation is 1. The maximum atomic E-state index is 12.7. The number of aromatic amines is 1. The number of hydrogen-bond donors (Lipinski definition) is 1. The van der Waals surface area contributed by atoms with Gasteiger partial charge in [0.25, 0.3) is 5.56 Å². The first kappa shape index (κ1) is 22.5. The van der Waals surface area contributed by atoms with Crippen LogP contribution in [0.1, 0.15) is 31.5 Å². The van der Waals surface area contributed by atoms with Crippen LogP contribution in [0.3, 0.4) is 0 Å². The van der Waals surface area contributed by atoms with Gasteiger partial charge in [-0.3, -0.25) is 14.4 Å². The first-order chi connectivity index (χ1) is 14.9. The zero-order chi connectivity index (χ0) is 22.4. The first-order valence-electron chi connectivity index (χ1n) is 10.7. The molecule has 1 N–H and O–H groups in total. The third-order valence-corrected chi connectivity index (χ3v) is 5.59. The van der Waals surface area contributed by atoms with Gasteiger partial charge in [0.2, 0.25) is 5.91 Å². The van der Waals surface area contributed by atoms with Crippen LogP contribution in [0, 0.1) is 5.92 Å². The molecule has 0 bridgehead atoms. The second-order valence-electron chi connectivity index (χ2n) is 8.15. The monoisotopic (exact) mass is 422 g/mol. The minimum absolute atomic E-state index is 0.0693. The molecule has 1 amide bonds. The summed E-state index contributed by atoms with van der Waals surface area (Å²) in [6, 6.07) is 7.23. The van der Waals surface area contributed by atoms with Crippen LogP contribution in [-0.2, 0) is 16.0 Å². The van der Waals surface area contributed by atoms with E-state index in [2.05, 4.69) is 16.5 Å². The molecule has 1 aromatic carbocycles. The van der Waals surface area contributed by atoms with Gasteiger partial charge >= 0.3 is 0 Å². The highest BCUT2D eigenvalue weighted by Gasteiger charge is 2.28. The highest BCUT2D eigenvalue weighted by Crippen LogP contribution is 2.22. The van der Waals surface area contributed by atoms with Crippen molar-refractivity contribution >= 4 is 22.6 Å². The SMILES string of the molecule is C=C/C(=C\N(C)C)C(=O)C1CCN(C(=O)CCCc2nc3ccccc3c(=O)[nH]2)CC1. The van der Waals surface area contributed by atoms with Crippen molar-refractivity contribution < 1.29 is 9.59 Å². The van der Waals surface area contributed by atoms with Gasteiger partial charge in [0.1, 0.15) is 5.82 Å². The Hall–Kier alpha value is -3.22. The van der Waals surface area contributed by atoms with Crippen molar-refractivity contribution in [3.05, 3.63) is 64.9 Å². The summed E-state index contributed by atoms with van der Waals surface area (Å²) in [6.07, 6.45) is 6.28. The standard InChI is InChI=1S/C24H30N4O3/c1-4-17(16-27(2)3)23(30)18-12-14-28(15-13-18)22(29)11-7-10-21-25-20-9-6-5-8-19(20)24(31)26-21/h4-6,8-9,16,18H,1,7,10-15H2,2-3H3,(H,25,26,31)/b17-16+. The van der Waals surface area contributed by atoms with Crippen molar-refractivity contribution in [2.45, 2.75) is 32.1 Å². The van der Waals surface area contributed by atoms with Crippen molar-refractivity contribution in [1.82, 2.24) is 19.8 Å². The molecule has 1 fully saturated rings. The Morgan fingerprint density at radius 2 is 1.97 bits per heavy atom. The largest absolute Gasteiger partial charge is 0.383 e. The van der Waals surface area contributed by atoms with E-state index in [0.717, 1.165) is 0 Å². The van der Waals surface area contributed by atoms with E-state index in [9.17, 15) is 14.4 Å². The molecule has 0 aliphatic carbocycles. The lowest BCUT2D eigenvalue weighted by Gasteiger charge is -2.31. The fourth-order valence-electron chi connectivity index (χ4n) is 3.94. The van der Waals surface area contributed by atoms with Crippen molar-refractivity contribution in [3.8, 4) is 0 Å². The van der Waals surface area contributed by atoms with Gasteiger partial charge in [0, 0.05) is 57.7 Å². The molecule has 0 unspecified atom stereocenters. The summed E-state index contributed by atoms with van der Waals surface area (Å²) in [4.78, 5) is 48.4. The molecular formula is C24H30N4O3. The average molecular weight is 423 g/mol. The Morgan fingerprint density at radius 3 is 2.65 bits per heavy atom. The van der Waals surface area contributed by atoms with Crippen molar-refractivity contribution in [2.24, 2.45) is 5.92 Å². The molecule has 164 valence electrons. The molecule has 1 aliphatic heterocycles. The number of nitrogens with zero attached hydrogens (tertiary/aromatic N) is 3. The average Bonchev–Trinajstić information content (AvgIpc) is 2.77. The number of piperidine rings is 1. The Labute approximate surface area is 182 Å². The first-order valence-corrected chi connectivity index (χ1v) is 10.7. The van der Waals surface area contributed by atoms with Gasteiger partial charge in [0.05, 0.1) is 10.9 Å². The number of Topliss-reactive ketones (excluding diaryl/α,β-unsaturated/α-hetero) is 1. The molecule has 1 aliphatic rings. The van der Waals surface area contributed by atoms with E-state index in [1.807, 2.05) is 42.1 Å². The number of allylic oxidation sites excluding steroid dienone is 2. The summed E-state index contributed by atoms with van der Waals surface area (Å²) in [6.45, 7) is 4.93. The van der Waals surface area contributed by atoms with Crippen molar-refractivity contribution in [1.29, 1.82) is 0 Å². The second kappa shape index (κ2) is 10.2. The summed E-state index contributed by atoms with van der Waals surface area (Å²) in [5.74, 6) is 0.717. The van der Waals surface area contributed by atoms with Gasteiger partial charge in [-0.1, -0.05) is 24.8 Å². The number of benzene rings is 1. The van der Waals surface area contributed by atoms with Crippen molar-refractivity contribution in [3.63, 3.8) is 0 Å². The maximum absolute atomic E-state index is 12.7. The Morgan fingerprint density at radius 1 is 1.26 bits per heavy atom. The normalized spacial score (nSPS) is 15.2. The van der Waals surface area contributed by atoms with Crippen LogP contribution >= 0.6 is 0 Å². The molecule has 7 nitrogen and oxygen atoms in total. The van der Waals surface area contributed by atoms with Crippen LogP contribution in [0.25, 0.3) is 10.9 Å². The number of rotatable bonds is 8. The predicted molar refractivity (Wildman–Crippen MR) is 122 cm³/mol.